The van der Waals surface area contributed by atoms with Crippen LogP contribution in [0.4, 0.5) is 10.1 Å². The fourth-order valence-corrected chi connectivity index (χ4v) is 1.60. The van der Waals surface area contributed by atoms with Gasteiger partial charge in [-0.15, -0.1) is 0 Å². The van der Waals surface area contributed by atoms with Gasteiger partial charge in [0.05, 0.1) is 17.5 Å². The fourth-order valence-electron chi connectivity index (χ4n) is 1.60. The molecule has 1 aromatic heterocycles. The topological polar surface area (TPSA) is 68.3 Å². The van der Waals surface area contributed by atoms with E-state index in [0.717, 1.165) is 0 Å². The van der Waals surface area contributed by atoms with Gasteiger partial charge in [-0.2, -0.15) is 0 Å². The Hall–Kier alpha value is -2.14. The molecular weight excluding hydrogens is 235 g/mol. The van der Waals surface area contributed by atoms with Gasteiger partial charge in [-0.1, -0.05) is 6.07 Å². The molecule has 0 bridgehead atoms. The number of anilines is 1. The summed E-state index contributed by atoms with van der Waals surface area (Å²) in [5.41, 5.74) is 6.58. The predicted octanol–water partition coefficient (Wildman–Crippen LogP) is 2.44. The highest BCUT2D eigenvalue weighted by Crippen LogP contribution is 2.18. The summed E-state index contributed by atoms with van der Waals surface area (Å²) in [7, 11) is 0. The molecule has 0 aliphatic rings. The van der Waals surface area contributed by atoms with Gasteiger partial charge in [0, 0.05) is 6.54 Å². The van der Waals surface area contributed by atoms with Crippen molar-refractivity contribution in [3.05, 3.63) is 53.2 Å². The maximum atomic E-state index is 13.6. The monoisotopic (exact) mass is 248 g/mol. The van der Waals surface area contributed by atoms with Crippen molar-refractivity contribution in [3.8, 4) is 0 Å². The standard InChI is InChI=1S/C13H13FN2O2/c1-8-10(4-5-18-8)13(17)16-12-3-2-9(7-15)6-11(12)14/h2-6H,7,15H2,1H3,(H,16,17). The van der Waals surface area contributed by atoms with Crippen LogP contribution in [0.1, 0.15) is 21.7 Å². The zero-order valence-electron chi connectivity index (χ0n) is 9.87. The number of carbonyl (C=O) groups is 1. The molecule has 0 saturated heterocycles. The van der Waals surface area contributed by atoms with Gasteiger partial charge in [0.2, 0.25) is 0 Å². The van der Waals surface area contributed by atoms with Crippen molar-refractivity contribution >= 4 is 11.6 Å². The maximum Gasteiger partial charge on any atom is 0.259 e. The van der Waals surface area contributed by atoms with E-state index in [-0.39, 0.29) is 12.2 Å². The van der Waals surface area contributed by atoms with Gasteiger partial charge in [-0.05, 0) is 30.7 Å². The summed E-state index contributed by atoms with van der Waals surface area (Å²) in [5, 5.41) is 2.49. The van der Waals surface area contributed by atoms with Crippen molar-refractivity contribution < 1.29 is 13.6 Å². The van der Waals surface area contributed by atoms with E-state index in [9.17, 15) is 9.18 Å². The van der Waals surface area contributed by atoms with Crippen LogP contribution in [-0.2, 0) is 6.54 Å². The first kappa shape index (κ1) is 12.3. The molecule has 18 heavy (non-hydrogen) atoms. The zero-order chi connectivity index (χ0) is 13.1. The Bertz CT molecular complexity index is 578. The Morgan fingerprint density at radius 3 is 2.78 bits per heavy atom. The second-order valence-electron chi connectivity index (χ2n) is 3.86. The lowest BCUT2D eigenvalue weighted by atomic mass is 10.2. The normalized spacial score (nSPS) is 10.4. The van der Waals surface area contributed by atoms with Gasteiger partial charge in [-0.3, -0.25) is 4.79 Å². The minimum atomic E-state index is -0.507. The predicted molar refractivity (Wildman–Crippen MR) is 65.7 cm³/mol. The number of amides is 1. The molecule has 2 rings (SSSR count). The lowest BCUT2D eigenvalue weighted by Gasteiger charge is -2.07. The van der Waals surface area contributed by atoms with Crippen LogP contribution >= 0.6 is 0 Å². The molecule has 0 saturated carbocycles. The Morgan fingerprint density at radius 1 is 1.44 bits per heavy atom. The Labute approximate surface area is 104 Å². The number of furan rings is 1. The van der Waals surface area contributed by atoms with Crippen molar-refractivity contribution in [2.24, 2.45) is 5.73 Å². The zero-order valence-corrected chi connectivity index (χ0v) is 9.87. The first-order chi connectivity index (χ1) is 8.61. The van der Waals surface area contributed by atoms with Crippen LogP contribution in [0.2, 0.25) is 0 Å². The van der Waals surface area contributed by atoms with E-state index in [0.29, 0.717) is 16.9 Å². The van der Waals surface area contributed by atoms with Gasteiger partial charge in [-0.25, -0.2) is 4.39 Å². The Balaban J connectivity index is 2.20. The van der Waals surface area contributed by atoms with E-state index in [2.05, 4.69) is 5.32 Å². The third-order valence-corrected chi connectivity index (χ3v) is 2.62. The van der Waals surface area contributed by atoms with Crippen LogP contribution in [0.15, 0.2) is 34.9 Å². The molecule has 0 atom stereocenters. The maximum absolute atomic E-state index is 13.6. The van der Waals surface area contributed by atoms with E-state index >= 15 is 0 Å². The number of rotatable bonds is 3. The van der Waals surface area contributed by atoms with Crippen molar-refractivity contribution in [2.45, 2.75) is 13.5 Å². The SMILES string of the molecule is Cc1occc1C(=O)Nc1ccc(CN)cc1F. The van der Waals surface area contributed by atoms with E-state index in [1.165, 1.54) is 24.5 Å². The summed E-state index contributed by atoms with van der Waals surface area (Å²) in [6, 6.07) is 6.00. The first-order valence-electron chi connectivity index (χ1n) is 5.45. The van der Waals surface area contributed by atoms with E-state index in [4.69, 9.17) is 10.2 Å². The average Bonchev–Trinajstić information content (AvgIpc) is 2.78. The number of aryl methyl sites for hydroxylation is 1. The molecule has 0 fully saturated rings. The fraction of sp³-hybridized carbons (Fsp3) is 0.154. The summed E-state index contributed by atoms with van der Waals surface area (Å²) in [6.45, 7) is 1.93. The lowest BCUT2D eigenvalue weighted by molar-refractivity contribution is 0.102. The number of hydrogen-bond donors (Lipinski definition) is 2. The van der Waals surface area contributed by atoms with Crippen LogP contribution < -0.4 is 11.1 Å². The molecule has 0 aliphatic carbocycles. The highest BCUT2D eigenvalue weighted by Gasteiger charge is 2.13. The molecule has 0 radical (unpaired) electrons. The quantitative estimate of drug-likeness (QED) is 0.876. The summed E-state index contributed by atoms with van der Waals surface area (Å²) < 4.78 is 18.7. The summed E-state index contributed by atoms with van der Waals surface area (Å²) >= 11 is 0. The van der Waals surface area contributed by atoms with Gasteiger partial charge in [0.1, 0.15) is 11.6 Å². The molecule has 0 aliphatic heterocycles. The van der Waals surface area contributed by atoms with Crippen molar-refractivity contribution in [2.75, 3.05) is 5.32 Å². The van der Waals surface area contributed by atoms with Gasteiger partial charge in [0.25, 0.3) is 5.91 Å². The summed E-state index contributed by atoms with van der Waals surface area (Å²) in [6.07, 6.45) is 1.41. The van der Waals surface area contributed by atoms with Gasteiger partial charge in [0.15, 0.2) is 0 Å². The molecular formula is C13H13FN2O2. The summed E-state index contributed by atoms with van der Waals surface area (Å²) in [4.78, 5) is 11.8. The number of halogens is 1. The van der Waals surface area contributed by atoms with Crippen LogP contribution in [0.5, 0.6) is 0 Å². The molecule has 0 unspecified atom stereocenters. The van der Waals surface area contributed by atoms with Crippen molar-refractivity contribution in [1.29, 1.82) is 0 Å². The first-order valence-corrected chi connectivity index (χ1v) is 5.45. The average molecular weight is 248 g/mol. The van der Waals surface area contributed by atoms with Gasteiger partial charge < -0.3 is 15.5 Å². The van der Waals surface area contributed by atoms with Crippen molar-refractivity contribution in [3.63, 3.8) is 0 Å². The van der Waals surface area contributed by atoms with Crippen LogP contribution in [0.25, 0.3) is 0 Å². The number of nitrogens with one attached hydrogen (secondary N) is 1. The van der Waals surface area contributed by atoms with E-state index < -0.39 is 11.7 Å². The number of benzene rings is 1. The third-order valence-electron chi connectivity index (χ3n) is 2.62. The second-order valence-corrected chi connectivity index (χ2v) is 3.86. The van der Waals surface area contributed by atoms with E-state index in [1.807, 2.05) is 0 Å². The molecule has 5 heteroatoms. The highest BCUT2D eigenvalue weighted by atomic mass is 19.1. The minimum absolute atomic E-state index is 0.123. The minimum Gasteiger partial charge on any atom is -0.469 e. The number of hydrogen-bond acceptors (Lipinski definition) is 3. The molecule has 0 spiro atoms. The smallest absolute Gasteiger partial charge is 0.259 e. The van der Waals surface area contributed by atoms with Gasteiger partial charge >= 0.3 is 0 Å². The van der Waals surface area contributed by atoms with Crippen LogP contribution in [0.3, 0.4) is 0 Å². The largest absolute Gasteiger partial charge is 0.469 e. The molecule has 2 aromatic rings. The molecule has 1 amide bonds. The molecule has 1 heterocycles. The van der Waals surface area contributed by atoms with Crippen LogP contribution in [-0.4, -0.2) is 5.91 Å². The molecule has 1 aromatic carbocycles. The summed E-state index contributed by atoms with van der Waals surface area (Å²) in [5.74, 6) is -0.417. The molecule has 4 nitrogen and oxygen atoms in total. The number of carbonyl (C=O) groups excluding carboxylic acids is 1. The molecule has 94 valence electrons. The number of nitrogens with two attached hydrogens (primary N) is 1. The Morgan fingerprint density at radius 2 is 2.22 bits per heavy atom. The lowest BCUT2D eigenvalue weighted by Crippen LogP contribution is -2.13. The van der Waals surface area contributed by atoms with Crippen molar-refractivity contribution in [1.82, 2.24) is 0 Å². The van der Waals surface area contributed by atoms with Crippen LogP contribution in [0, 0.1) is 12.7 Å². The molecule has 3 N–H and O–H groups in total. The second kappa shape index (κ2) is 5.01. The highest BCUT2D eigenvalue weighted by molar-refractivity contribution is 6.04. The Kier molecular flexibility index (Phi) is 3.43. The third kappa shape index (κ3) is 2.41. The van der Waals surface area contributed by atoms with E-state index in [1.54, 1.807) is 13.0 Å².